The van der Waals surface area contributed by atoms with Crippen LogP contribution >= 0.6 is 0 Å². The lowest BCUT2D eigenvalue weighted by atomic mass is 10.1. The largest absolute Gasteiger partial charge is 0.481 e. The van der Waals surface area contributed by atoms with E-state index in [0.717, 1.165) is 5.56 Å². The summed E-state index contributed by atoms with van der Waals surface area (Å²) in [6, 6.07) is 7.27. The Morgan fingerprint density at radius 2 is 1.95 bits per heavy atom. The minimum Gasteiger partial charge on any atom is -0.481 e. The lowest BCUT2D eigenvalue weighted by Gasteiger charge is -2.13. The predicted molar refractivity (Wildman–Crippen MR) is 76.7 cm³/mol. The van der Waals surface area contributed by atoms with Gasteiger partial charge in [0, 0.05) is 18.2 Å². The highest BCUT2D eigenvalue weighted by molar-refractivity contribution is 5.89. The van der Waals surface area contributed by atoms with Crippen molar-refractivity contribution in [1.29, 1.82) is 0 Å². The van der Waals surface area contributed by atoms with Crippen molar-refractivity contribution < 1.29 is 14.7 Å². The summed E-state index contributed by atoms with van der Waals surface area (Å²) in [5.41, 5.74) is 1.66. The van der Waals surface area contributed by atoms with Gasteiger partial charge in [-0.1, -0.05) is 12.1 Å². The number of aliphatic carboxylic acids is 1. The first-order valence-electron chi connectivity index (χ1n) is 6.93. The maximum Gasteiger partial charge on any atom is 0.319 e. The van der Waals surface area contributed by atoms with Gasteiger partial charge in [0.1, 0.15) is 0 Å². The molecule has 2 rings (SSSR count). The van der Waals surface area contributed by atoms with Gasteiger partial charge in [-0.3, -0.25) is 4.79 Å². The first-order valence-corrected chi connectivity index (χ1v) is 6.93. The van der Waals surface area contributed by atoms with E-state index < -0.39 is 5.97 Å². The van der Waals surface area contributed by atoms with Crippen LogP contribution in [0.3, 0.4) is 0 Å². The second-order valence-corrected chi connectivity index (χ2v) is 5.32. The van der Waals surface area contributed by atoms with Crippen molar-refractivity contribution in [3.8, 4) is 0 Å². The molecule has 0 bridgehead atoms. The number of hydrogen-bond donors (Lipinski definition) is 3. The second-order valence-electron chi connectivity index (χ2n) is 5.32. The van der Waals surface area contributed by atoms with E-state index in [1.165, 1.54) is 12.8 Å². The van der Waals surface area contributed by atoms with E-state index in [0.29, 0.717) is 18.0 Å². The number of aryl methyl sites for hydroxylation is 1. The highest BCUT2D eigenvalue weighted by Crippen LogP contribution is 2.32. The first kappa shape index (κ1) is 14.4. The van der Waals surface area contributed by atoms with Gasteiger partial charge < -0.3 is 15.7 Å². The molecular weight excluding hydrogens is 256 g/mol. The Morgan fingerprint density at radius 3 is 2.50 bits per heavy atom. The maximum atomic E-state index is 11.8. The van der Waals surface area contributed by atoms with Crippen molar-refractivity contribution in [2.45, 2.75) is 38.6 Å². The molecule has 1 aromatic rings. The number of carbonyl (C=O) groups excluding carboxylic acids is 1. The fraction of sp³-hybridized carbons (Fsp3) is 0.467. The molecule has 108 valence electrons. The van der Waals surface area contributed by atoms with Crippen LogP contribution in [0.1, 0.15) is 31.7 Å². The number of hydrogen-bond acceptors (Lipinski definition) is 2. The van der Waals surface area contributed by atoms with E-state index in [2.05, 4.69) is 10.6 Å². The number of anilines is 1. The Balaban J connectivity index is 1.80. The number of amides is 2. The number of nitrogens with one attached hydrogen (secondary N) is 2. The van der Waals surface area contributed by atoms with Crippen LogP contribution in [-0.2, 0) is 11.2 Å². The molecule has 1 atom stereocenters. The zero-order valence-electron chi connectivity index (χ0n) is 11.6. The molecule has 0 radical (unpaired) electrons. The fourth-order valence-corrected chi connectivity index (χ4v) is 2.09. The zero-order valence-corrected chi connectivity index (χ0v) is 11.6. The summed E-state index contributed by atoms with van der Waals surface area (Å²) >= 11 is 0. The molecule has 0 heterocycles. The summed E-state index contributed by atoms with van der Waals surface area (Å²) in [4.78, 5) is 22.2. The molecule has 20 heavy (non-hydrogen) atoms. The molecule has 3 N–H and O–H groups in total. The summed E-state index contributed by atoms with van der Waals surface area (Å²) in [6.45, 7) is 2.02. The molecule has 1 aromatic carbocycles. The normalized spacial score (nSPS) is 15.4. The molecular formula is C15H20N2O3. The number of carboxylic acid groups (broad SMARTS) is 1. The highest BCUT2D eigenvalue weighted by Gasteiger charge is 2.28. The van der Waals surface area contributed by atoms with Gasteiger partial charge in [0.15, 0.2) is 0 Å². The van der Waals surface area contributed by atoms with E-state index in [-0.39, 0.29) is 18.5 Å². The molecule has 0 spiro atoms. The highest BCUT2D eigenvalue weighted by atomic mass is 16.4. The molecule has 5 nitrogen and oxygen atoms in total. The predicted octanol–water partition coefficient (Wildman–Crippen LogP) is 2.62. The standard InChI is InChI=1S/C15H20N2O3/c1-10(12-5-6-12)16-15(20)17-13-7-2-11(3-8-13)4-9-14(18)19/h2-3,7-8,10,12H,4-6,9H2,1H3,(H,18,19)(H2,16,17,20). The van der Waals surface area contributed by atoms with Crippen LogP contribution in [0.4, 0.5) is 10.5 Å². The van der Waals surface area contributed by atoms with Crippen molar-refractivity contribution in [2.75, 3.05) is 5.32 Å². The van der Waals surface area contributed by atoms with E-state index in [1.807, 2.05) is 19.1 Å². The Labute approximate surface area is 118 Å². The third kappa shape index (κ3) is 4.57. The van der Waals surface area contributed by atoms with Gasteiger partial charge in [0.05, 0.1) is 0 Å². The van der Waals surface area contributed by atoms with Crippen molar-refractivity contribution in [3.63, 3.8) is 0 Å². The number of carboxylic acids is 1. The quantitative estimate of drug-likeness (QED) is 0.747. The summed E-state index contributed by atoms with van der Waals surface area (Å²) in [7, 11) is 0. The van der Waals surface area contributed by atoms with E-state index >= 15 is 0 Å². The summed E-state index contributed by atoms with van der Waals surface area (Å²) in [5, 5.41) is 14.3. The number of urea groups is 1. The maximum absolute atomic E-state index is 11.8. The zero-order chi connectivity index (χ0) is 14.5. The molecule has 1 fully saturated rings. The SMILES string of the molecule is CC(NC(=O)Nc1ccc(CCC(=O)O)cc1)C1CC1. The molecule has 2 amide bonds. The average Bonchev–Trinajstić information content (AvgIpc) is 3.22. The van der Waals surface area contributed by atoms with Crippen LogP contribution in [0.15, 0.2) is 24.3 Å². The van der Waals surface area contributed by atoms with Gasteiger partial charge in [-0.05, 0) is 49.8 Å². The fourth-order valence-electron chi connectivity index (χ4n) is 2.09. The molecule has 0 aromatic heterocycles. The van der Waals surface area contributed by atoms with Crippen molar-refractivity contribution in [2.24, 2.45) is 5.92 Å². The second kappa shape index (κ2) is 6.41. The number of rotatable bonds is 6. The number of carbonyl (C=O) groups is 2. The van der Waals surface area contributed by atoms with Crippen molar-refractivity contribution in [3.05, 3.63) is 29.8 Å². The summed E-state index contributed by atoms with van der Waals surface area (Å²) in [5.74, 6) is -0.181. The van der Waals surface area contributed by atoms with Crippen LogP contribution < -0.4 is 10.6 Å². The Kier molecular flexibility index (Phi) is 4.61. The summed E-state index contributed by atoms with van der Waals surface area (Å²) in [6.07, 6.45) is 3.01. The van der Waals surface area contributed by atoms with Crippen LogP contribution in [0, 0.1) is 5.92 Å². The minimum atomic E-state index is -0.805. The number of benzene rings is 1. The molecule has 0 aliphatic heterocycles. The molecule has 1 unspecified atom stereocenters. The Bertz CT molecular complexity index is 480. The van der Waals surface area contributed by atoms with Crippen molar-refractivity contribution in [1.82, 2.24) is 5.32 Å². The van der Waals surface area contributed by atoms with Crippen LogP contribution in [-0.4, -0.2) is 23.1 Å². The topological polar surface area (TPSA) is 78.4 Å². The third-order valence-corrected chi connectivity index (χ3v) is 3.53. The van der Waals surface area contributed by atoms with Gasteiger partial charge in [0.2, 0.25) is 0 Å². The Hall–Kier alpha value is -2.04. The van der Waals surface area contributed by atoms with Gasteiger partial charge >= 0.3 is 12.0 Å². The average molecular weight is 276 g/mol. The van der Waals surface area contributed by atoms with Crippen LogP contribution in [0.5, 0.6) is 0 Å². The molecule has 5 heteroatoms. The van der Waals surface area contributed by atoms with Crippen LogP contribution in [0.25, 0.3) is 0 Å². The van der Waals surface area contributed by atoms with Gasteiger partial charge in [0.25, 0.3) is 0 Å². The lowest BCUT2D eigenvalue weighted by Crippen LogP contribution is -2.37. The van der Waals surface area contributed by atoms with Gasteiger partial charge in [-0.15, -0.1) is 0 Å². The summed E-state index contributed by atoms with van der Waals surface area (Å²) < 4.78 is 0. The van der Waals surface area contributed by atoms with Gasteiger partial charge in [-0.2, -0.15) is 0 Å². The smallest absolute Gasteiger partial charge is 0.319 e. The Morgan fingerprint density at radius 1 is 1.30 bits per heavy atom. The van der Waals surface area contributed by atoms with E-state index in [4.69, 9.17) is 5.11 Å². The molecule has 1 aliphatic carbocycles. The lowest BCUT2D eigenvalue weighted by molar-refractivity contribution is -0.136. The molecule has 1 saturated carbocycles. The van der Waals surface area contributed by atoms with Crippen LogP contribution in [0.2, 0.25) is 0 Å². The van der Waals surface area contributed by atoms with E-state index in [9.17, 15) is 9.59 Å². The minimum absolute atomic E-state index is 0.117. The van der Waals surface area contributed by atoms with Crippen molar-refractivity contribution >= 4 is 17.7 Å². The monoisotopic (exact) mass is 276 g/mol. The molecule has 1 aliphatic rings. The third-order valence-electron chi connectivity index (χ3n) is 3.53. The first-order chi connectivity index (χ1) is 9.54. The van der Waals surface area contributed by atoms with E-state index in [1.54, 1.807) is 12.1 Å². The van der Waals surface area contributed by atoms with Gasteiger partial charge in [-0.25, -0.2) is 4.79 Å². The molecule has 0 saturated heterocycles.